The second-order valence-electron chi connectivity index (χ2n) is 8.10. The van der Waals surface area contributed by atoms with Crippen LogP contribution in [0.15, 0.2) is 33.8 Å². The predicted octanol–water partition coefficient (Wildman–Crippen LogP) is 4.12. The Morgan fingerprint density at radius 3 is 2.52 bits per heavy atom. The third kappa shape index (κ3) is 4.10. The molecular formula is C21H26BrN3O2. The van der Waals surface area contributed by atoms with Crippen LogP contribution in [-0.4, -0.2) is 32.4 Å². The first-order chi connectivity index (χ1) is 13.0. The number of carbonyl (C=O) groups excluding carboxylic acids is 1. The van der Waals surface area contributed by atoms with Crippen molar-refractivity contribution in [3.8, 4) is 0 Å². The van der Waals surface area contributed by atoms with Crippen molar-refractivity contribution >= 4 is 32.7 Å². The van der Waals surface area contributed by atoms with E-state index in [2.05, 4.69) is 32.7 Å². The summed E-state index contributed by atoms with van der Waals surface area (Å²) in [5, 5.41) is 0.583. The minimum Gasteiger partial charge on any atom is -0.337 e. The minimum atomic E-state index is -0.0847. The first kappa shape index (κ1) is 18.7. The Morgan fingerprint density at radius 1 is 1.19 bits per heavy atom. The lowest BCUT2D eigenvalue weighted by Crippen LogP contribution is -2.44. The highest BCUT2D eigenvalue weighted by Crippen LogP contribution is 2.35. The molecule has 0 aliphatic heterocycles. The lowest BCUT2D eigenvalue weighted by atomic mass is 9.86. The second-order valence-corrected chi connectivity index (χ2v) is 9.02. The van der Waals surface area contributed by atoms with Crippen LogP contribution in [0.1, 0.15) is 51.9 Å². The molecule has 1 aromatic carbocycles. The zero-order chi connectivity index (χ0) is 19.0. The van der Waals surface area contributed by atoms with Crippen LogP contribution in [0.2, 0.25) is 0 Å². The van der Waals surface area contributed by atoms with Gasteiger partial charge in [-0.1, -0.05) is 22.9 Å². The highest BCUT2D eigenvalue weighted by molar-refractivity contribution is 9.10. The molecule has 0 bridgehead atoms. The van der Waals surface area contributed by atoms with Crippen molar-refractivity contribution in [1.82, 2.24) is 14.5 Å². The molecule has 2 aromatic rings. The van der Waals surface area contributed by atoms with Crippen LogP contribution in [0.4, 0.5) is 0 Å². The molecule has 1 amide bonds. The first-order valence-electron chi connectivity index (χ1n) is 9.99. The van der Waals surface area contributed by atoms with Gasteiger partial charge in [0.05, 0.1) is 17.2 Å². The summed E-state index contributed by atoms with van der Waals surface area (Å²) in [6, 6.07) is 6.32. The molecule has 2 aliphatic rings. The number of halogens is 1. The van der Waals surface area contributed by atoms with Crippen molar-refractivity contribution < 1.29 is 4.79 Å². The molecule has 2 fully saturated rings. The molecule has 1 heterocycles. The summed E-state index contributed by atoms with van der Waals surface area (Å²) in [6.45, 7) is 2.69. The molecule has 27 heavy (non-hydrogen) atoms. The molecule has 1 aromatic heterocycles. The van der Waals surface area contributed by atoms with Gasteiger partial charge in [-0.05, 0) is 62.6 Å². The van der Waals surface area contributed by atoms with Crippen LogP contribution in [-0.2, 0) is 11.3 Å². The number of carbonyl (C=O) groups is 1. The van der Waals surface area contributed by atoms with Gasteiger partial charge < -0.3 is 4.90 Å². The summed E-state index contributed by atoms with van der Waals surface area (Å²) >= 11 is 3.41. The van der Waals surface area contributed by atoms with Crippen molar-refractivity contribution in [3.63, 3.8) is 0 Å². The van der Waals surface area contributed by atoms with Gasteiger partial charge in [0.2, 0.25) is 5.91 Å². The molecule has 0 spiro atoms. The number of fused-ring (bicyclic) bond motifs is 1. The van der Waals surface area contributed by atoms with Gasteiger partial charge in [0.15, 0.2) is 0 Å². The van der Waals surface area contributed by atoms with Gasteiger partial charge in [-0.2, -0.15) is 0 Å². The number of nitrogens with zero attached hydrogens (tertiary/aromatic N) is 3. The van der Waals surface area contributed by atoms with Gasteiger partial charge in [-0.15, -0.1) is 0 Å². The molecule has 6 heteroatoms. The molecule has 4 rings (SSSR count). The average molecular weight is 432 g/mol. The minimum absolute atomic E-state index is 0.0847. The normalized spacial score (nSPS) is 22.7. The van der Waals surface area contributed by atoms with E-state index in [1.807, 2.05) is 12.1 Å². The van der Waals surface area contributed by atoms with E-state index in [1.54, 1.807) is 17.0 Å². The van der Waals surface area contributed by atoms with Gasteiger partial charge in [0.25, 0.3) is 5.56 Å². The molecule has 2 saturated carbocycles. The van der Waals surface area contributed by atoms with E-state index in [4.69, 9.17) is 0 Å². The van der Waals surface area contributed by atoms with E-state index < -0.39 is 0 Å². The topological polar surface area (TPSA) is 55.2 Å². The van der Waals surface area contributed by atoms with Gasteiger partial charge in [0, 0.05) is 29.5 Å². The summed E-state index contributed by atoms with van der Waals surface area (Å²) in [4.78, 5) is 32.2. The number of aryl methyl sites for hydroxylation is 1. The van der Waals surface area contributed by atoms with Crippen LogP contribution in [0, 0.1) is 5.92 Å². The Labute approximate surface area is 167 Å². The quantitative estimate of drug-likeness (QED) is 0.715. The van der Waals surface area contributed by atoms with Crippen molar-refractivity contribution in [2.45, 2.75) is 70.5 Å². The Kier molecular flexibility index (Phi) is 5.35. The van der Waals surface area contributed by atoms with Gasteiger partial charge in [-0.3, -0.25) is 14.2 Å². The average Bonchev–Trinajstić information content (AvgIpc) is 3.48. The Hall–Kier alpha value is -1.69. The number of rotatable bonds is 5. The zero-order valence-corrected chi connectivity index (χ0v) is 17.3. The Balaban J connectivity index is 1.47. The van der Waals surface area contributed by atoms with Gasteiger partial charge >= 0.3 is 0 Å². The summed E-state index contributed by atoms with van der Waals surface area (Å²) in [5.41, 5.74) is 0.597. The van der Waals surface area contributed by atoms with Crippen LogP contribution >= 0.6 is 15.9 Å². The zero-order valence-electron chi connectivity index (χ0n) is 15.7. The molecule has 0 radical (unpaired) electrons. The van der Waals surface area contributed by atoms with E-state index in [0.29, 0.717) is 36.0 Å². The Bertz CT molecular complexity index is 898. The van der Waals surface area contributed by atoms with E-state index in [-0.39, 0.29) is 11.5 Å². The number of hydrogen-bond donors (Lipinski definition) is 0. The molecule has 0 N–H and O–H groups in total. The summed E-state index contributed by atoms with van der Waals surface area (Å²) in [7, 11) is 0. The molecule has 5 nitrogen and oxygen atoms in total. The van der Waals surface area contributed by atoms with Crippen molar-refractivity contribution in [2.24, 2.45) is 5.92 Å². The van der Waals surface area contributed by atoms with E-state index in [1.165, 1.54) is 12.8 Å². The summed E-state index contributed by atoms with van der Waals surface area (Å²) < 4.78 is 2.43. The lowest BCUT2D eigenvalue weighted by Gasteiger charge is -2.36. The fourth-order valence-electron chi connectivity index (χ4n) is 4.21. The molecule has 0 unspecified atom stereocenters. The SMILES string of the molecule is CC1CCC(N(C(=O)CCn2cnc3ccc(Br)cc3c2=O)C2CC2)CC1. The van der Waals surface area contributed by atoms with Gasteiger partial charge in [0.1, 0.15) is 0 Å². The first-order valence-corrected chi connectivity index (χ1v) is 10.8. The third-order valence-electron chi connectivity index (χ3n) is 5.96. The van der Waals surface area contributed by atoms with Crippen LogP contribution in [0.25, 0.3) is 10.9 Å². The largest absolute Gasteiger partial charge is 0.337 e. The predicted molar refractivity (Wildman–Crippen MR) is 110 cm³/mol. The Morgan fingerprint density at radius 2 is 1.85 bits per heavy atom. The maximum Gasteiger partial charge on any atom is 0.261 e. The maximum atomic E-state index is 13.0. The van der Waals surface area contributed by atoms with Crippen molar-refractivity contribution in [3.05, 3.63) is 39.4 Å². The number of hydrogen-bond acceptors (Lipinski definition) is 3. The van der Waals surface area contributed by atoms with E-state index in [9.17, 15) is 9.59 Å². The number of amides is 1. The summed E-state index contributed by atoms with van der Waals surface area (Å²) in [5.74, 6) is 0.970. The number of benzene rings is 1. The van der Waals surface area contributed by atoms with Crippen molar-refractivity contribution in [2.75, 3.05) is 0 Å². The van der Waals surface area contributed by atoms with Crippen molar-refractivity contribution in [1.29, 1.82) is 0 Å². The fourth-order valence-corrected chi connectivity index (χ4v) is 4.58. The van der Waals surface area contributed by atoms with Crippen LogP contribution < -0.4 is 5.56 Å². The highest BCUT2D eigenvalue weighted by atomic mass is 79.9. The van der Waals surface area contributed by atoms with Gasteiger partial charge in [-0.25, -0.2) is 4.98 Å². The smallest absolute Gasteiger partial charge is 0.261 e. The molecular weight excluding hydrogens is 406 g/mol. The molecule has 0 saturated heterocycles. The van der Waals surface area contributed by atoms with Crippen LogP contribution in [0.3, 0.4) is 0 Å². The maximum absolute atomic E-state index is 13.0. The monoisotopic (exact) mass is 431 g/mol. The molecule has 0 atom stereocenters. The molecule has 144 valence electrons. The summed E-state index contributed by atoms with van der Waals surface area (Å²) in [6.07, 6.45) is 8.85. The second kappa shape index (κ2) is 7.74. The lowest BCUT2D eigenvalue weighted by molar-refractivity contribution is -0.135. The highest BCUT2D eigenvalue weighted by Gasteiger charge is 2.38. The van der Waals surface area contributed by atoms with E-state index >= 15 is 0 Å². The fraction of sp³-hybridized carbons (Fsp3) is 0.571. The number of aromatic nitrogens is 2. The molecule has 2 aliphatic carbocycles. The van der Waals surface area contributed by atoms with Crippen LogP contribution in [0.5, 0.6) is 0 Å². The third-order valence-corrected chi connectivity index (χ3v) is 6.45. The van der Waals surface area contributed by atoms with E-state index in [0.717, 1.165) is 36.1 Å². The standard InChI is InChI=1S/C21H26BrN3O2/c1-14-2-5-16(6-3-14)25(17-7-8-17)20(26)10-11-24-13-23-19-9-4-15(22)12-18(19)21(24)27/h4,9,12-14,16-17H,2-3,5-8,10-11H2,1H3.